The molecule has 8 nitrogen and oxygen atoms in total. The van der Waals surface area contributed by atoms with Gasteiger partial charge in [0.25, 0.3) is 0 Å². The van der Waals surface area contributed by atoms with Crippen LogP contribution in [0, 0.1) is 17.8 Å². The monoisotopic (exact) mass is 1160 g/mol. The maximum atomic E-state index is 11.2. The van der Waals surface area contributed by atoms with Crippen molar-refractivity contribution in [3.8, 4) is 0 Å². The molecule has 0 radical (unpaired) electrons. The van der Waals surface area contributed by atoms with E-state index in [4.69, 9.17) is 23.7 Å². The third-order valence-corrected chi connectivity index (χ3v) is 14.9. The van der Waals surface area contributed by atoms with E-state index in [-0.39, 0.29) is 80.3 Å². The Morgan fingerprint density at radius 1 is 0.420 bits per heavy atom. The summed E-state index contributed by atoms with van der Waals surface area (Å²) in [5.74, 6) is 2.73. The molecule has 81 heavy (non-hydrogen) atoms. The molecule has 3 rings (SSSR count). The normalized spacial score (nSPS) is 13.3. The highest BCUT2D eigenvalue weighted by Gasteiger charge is 2.17. The zero-order valence-electron chi connectivity index (χ0n) is 54.8. The summed E-state index contributed by atoms with van der Waals surface area (Å²) in [4.78, 5) is 33.3. The Kier molecular flexibility index (Phi) is 54.4. The van der Waals surface area contributed by atoms with Crippen molar-refractivity contribution < 1.29 is 38.1 Å². The predicted octanol–water partition coefficient (Wildman–Crippen LogP) is 21.0. The van der Waals surface area contributed by atoms with Crippen molar-refractivity contribution in [2.75, 3.05) is 52.7 Å². The number of hydrogen-bond acceptors (Lipinski definition) is 9. The van der Waals surface area contributed by atoms with Gasteiger partial charge in [0.2, 0.25) is 0 Å². The van der Waals surface area contributed by atoms with Crippen LogP contribution in [-0.4, -0.2) is 76.7 Å². The fourth-order valence-electron chi connectivity index (χ4n) is 6.58. The highest BCUT2D eigenvalue weighted by molar-refractivity contribution is 7.98. The van der Waals surface area contributed by atoms with E-state index >= 15 is 0 Å². The molecular weight excluding hydrogens is 1020 g/mol. The van der Waals surface area contributed by atoms with Crippen LogP contribution in [0.1, 0.15) is 277 Å². The van der Waals surface area contributed by atoms with Crippen molar-refractivity contribution in [1.82, 2.24) is 0 Å². The second-order valence-electron chi connectivity index (χ2n) is 24.2. The van der Waals surface area contributed by atoms with Crippen LogP contribution in [-0.2, 0) is 54.3 Å². The maximum Gasteiger partial charge on any atom is 0.308 e. The minimum Gasteiger partial charge on any atom is -0.465 e. The Balaban J connectivity index is -0.000000207. The van der Waals surface area contributed by atoms with Crippen LogP contribution in [0.25, 0.3) is 0 Å². The first-order valence-electron chi connectivity index (χ1n) is 29.7. The van der Waals surface area contributed by atoms with E-state index in [1.54, 1.807) is 26.0 Å². The van der Waals surface area contributed by atoms with E-state index < -0.39 is 0 Å². The molecule has 0 aliphatic rings. The molecule has 7 atom stereocenters. The van der Waals surface area contributed by atoms with Crippen molar-refractivity contribution in [1.29, 1.82) is 0 Å². The zero-order chi connectivity index (χ0) is 60.7. The summed E-state index contributed by atoms with van der Waals surface area (Å²) in [6, 6.07) is 27.2. The summed E-state index contributed by atoms with van der Waals surface area (Å²) >= 11 is 1.69. The van der Waals surface area contributed by atoms with Crippen LogP contribution in [0.4, 0.5) is 0 Å². The summed E-state index contributed by atoms with van der Waals surface area (Å²) in [5.41, 5.74) is 9.45. The van der Waals surface area contributed by atoms with Crippen LogP contribution in [0.5, 0.6) is 0 Å². The highest BCUT2D eigenvalue weighted by Crippen LogP contribution is 2.28. The molecule has 3 aromatic rings. The Morgan fingerprint density at radius 3 is 0.926 bits per heavy atom. The first-order valence-corrected chi connectivity index (χ1v) is 31.1. The average Bonchev–Trinajstić information content (AvgIpc) is 3.43. The summed E-state index contributed by atoms with van der Waals surface area (Å²) in [5, 5.41) is 0. The number of hydrogen-bond donors (Lipinski definition) is 0. The zero-order valence-corrected chi connectivity index (χ0v) is 55.7. The van der Waals surface area contributed by atoms with Gasteiger partial charge in [-0.1, -0.05) is 240 Å². The Morgan fingerprint density at radius 2 is 0.691 bits per heavy atom. The van der Waals surface area contributed by atoms with Gasteiger partial charge in [-0.3, -0.25) is 14.4 Å². The fraction of sp³-hybridized carbons (Fsp3) is 0.708. The number of ether oxygens (including phenoxy) is 5. The van der Waals surface area contributed by atoms with Crippen molar-refractivity contribution >= 4 is 29.7 Å². The Labute approximate surface area is 507 Å². The molecule has 0 saturated heterocycles. The number of thioether (sulfide) groups is 1. The van der Waals surface area contributed by atoms with Crippen LogP contribution in [0.15, 0.2) is 72.8 Å². The molecule has 0 bridgehead atoms. The molecule has 0 aliphatic carbocycles. The van der Waals surface area contributed by atoms with Gasteiger partial charge in [0, 0.05) is 26.6 Å². The third-order valence-electron chi connectivity index (χ3n) is 14.3. The van der Waals surface area contributed by atoms with E-state index in [2.05, 4.69) is 177 Å². The van der Waals surface area contributed by atoms with Gasteiger partial charge in [0.1, 0.15) is 13.2 Å². The van der Waals surface area contributed by atoms with Gasteiger partial charge in [-0.05, 0) is 132 Å². The number of benzene rings is 3. The minimum absolute atomic E-state index is 0. The van der Waals surface area contributed by atoms with Crippen molar-refractivity contribution in [2.24, 2.45) is 17.8 Å². The second kappa shape index (κ2) is 49.7. The lowest BCUT2D eigenvalue weighted by Gasteiger charge is -2.20. The lowest BCUT2D eigenvalue weighted by molar-refractivity contribution is -0.151. The number of methoxy groups -OCH3 is 2. The van der Waals surface area contributed by atoms with Gasteiger partial charge in [-0.2, -0.15) is 11.8 Å². The molecule has 7 unspecified atom stereocenters. The van der Waals surface area contributed by atoms with Crippen molar-refractivity contribution in [3.63, 3.8) is 0 Å². The molecule has 0 aliphatic heterocycles. The van der Waals surface area contributed by atoms with E-state index in [1.807, 2.05) is 54.7 Å². The predicted molar refractivity (Wildman–Crippen MR) is 359 cm³/mol. The summed E-state index contributed by atoms with van der Waals surface area (Å²) < 4.78 is 24.8. The van der Waals surface area contributed by atoms with Gasteiger partial charge in [0.05, 0.1) is 30.5 Å². The van der Waals surface area contributed by atoms with Crippen LogP contribution < -0.4 is 0 Å². The Hall–Kier alpha value is -3.66. The molecule has 0 heterocycles. The number of unbranched alkanes of at least 4 members (excludes halogenated alkanes) is 1. The van der Waals surface area contributed by atoms with E-state index in [1.165, 1.54) is 52.6 Å². The van der Waals surface area contributed by atoms with E-state index in [9.17, 15) is 14.4 Å². The van der Waals surface area contributed by atoms with Gasteiger partial charge >= 0.3 is 17.9 Å². The number of esters is 3. The van der Waals surface area contributed by atoms with Gasteiger partial charge in [-0.15, -0.1) is 0 Å². The molecule has 0 amide bonds. The summed E-state index contributed by atoms with van der Waals surface area (Å²) in [7, 11) is 3.27. The molecule has 0 saturated carbocycles. The number of carbonyl (C=O) groups excluding carboxylic acids is 3. The largest absolute Gasteiger partial charge is 0.465 e. The number of rotatable bonds is 23. The molecule has 474 valence electrons. The molecule has 3 aromatic carbocycles. The highest BCUT2D eigenvalue weighted by atomic mass is 32.2. The smallest absolute Gasteiger partial charge is 0.308 e. The summed E-state index contributed by atoms with van der Waals surface area (Å²) in [6.07, 6.45) is 9.99. The number of carbonyl (C=O) groups is 3. The summed E-state index contributed by atoms with van der Waals surface area (Å²) in [6.45, 7) is 49.5. The topological polar surface area (TPSA) is 97.4 Å². The molecule has 0 spiro atoms. The molecular formula is C72H132O8S. The molecule has 0 fully saturated rings. The first-order chi connectivity index (χ1) is 36.4. The third kappa shape index (κ3) is 42.8. The molecule has 0 N–H and O–H groups in total. The molecule has 0 aromatic heterocycles. The lowest BCUT2D eigenvalue weighted by atomic mass is 9.85. The quantitative estimate of drug-likeness (QED) is 0.0522. The first kappa shape index (κ1) is 88.6. The minimum atomic E-state index is -0.138. The second-order valence-corrected chi connectivity index (χ2v) is 25.2. The van der Waals surface area contributed by atoms with E-state index in [0.29, 0.717) is 37.6 Å². The van der Waals surface area contributed by atoms with Gasteiger partial charge < -0.3 is 23.7 Å². The van der Waals surface area contributed by atoms with Gasteiger partial charge in [0.15, 0.2) is 0 Å². The van der Waals surface area contributed by atoms with Crippen LogP contribution in [0.2, 0.25) is 0 Å². The van der Waals surface area contributed by atoms with Crippen molar-refractivity contribution in [2.45, 2.75) is 266 Å². The van der Waals surface area contributed by atoms with Gasteiger partial charge in [-0.25, -0.2) is 0 Å². The van der Waals surface area contributed by atoms with Crippen LogP contribution >= 0.6 is 11.8 Å². The van der Waals surface area contributed by atoms with Crippen LogP contribution in [0.3, 0.4) is 0 Å². The standard InChI is InChI=1S/3C14H22.C10H20O3.C9H18O3.C8H16O2S.3CH4/c3*1-6-11(2)12-7-9-13(10-8-12)14(3,4)5;1-4-9(2)10(11)13-8-6-5-7-12-3;1-5-7(2)9(10)12-6-8(3)11-4;1-4-7(2)8(9)10-5-6-11-3;;;/h3*7-11H,6H2,1-5H3;9H,4-8H2,1-3H3;7-8H,5-6H2,1-4H3;7H,4-6H2,1-3H3;3*1H4. The lowest BCUT2D eigenvalue weighted by Crippen LogP contribution is -2.21. The van der Waals surface area contributed by atoms with E-state index in [0.717, 1.165) is 44.5 Å². The average molecular weight is 1160 g/mol. The SMILES string of the molecule is C.C.C.CCC(C)C(=O)OCC(C)OC.CCC(C)C(=O)OCCCCOC.CCC(C)C(=O)OCCSC.CCC(C)c1ccc(C(C)(C)C)cc1.CCC(C)c1ccc(C(C)(C)C)cc1.CCC(C)c1ccc(C(C)(C)C)cc1. The molecule has 9 heteroatoms. The maximum absolute atomic E-state index is 11.2. The Bertz CT molecular complexity index is 1770. The fourth-order valence-corrected chi connectivity index (χ4v) is 6.83. The van der Waals surface area contributed by atoms with Crippen molar-refractivity contribution in [3.05, 3.63) is 106 Å².